The Morgan fingerprint density at radius 2 is 2.06 bits per heavy atom. The van der Waals surface area contributed by atoms with Crippen LogP contribution in [0.25, 0.3) is 0 Å². The van der Waals surface area contributed by atoms with Gasteiger partial charge in [-0.2, -0.15) is 0 Å². The van der Waals surface area contributed by atoms with Gasteiger partial charge in [-0.3, -0.25) is 4.79 Å². The first-order chi connectivity index (χ1) is 7.66. The number of rotatable bonds is 3. The zero-order valence-corrected chi connectivity index (χ0v) is 11.1. The first-order valence-corrected chi connectivity index (χ1v) is 6.38. The van der Waals surface area contributed by atoms with E-state index in [-0.39, 0.29) is 5.97 Å². The predicted octanol–water partition coefficient (Wildman–Crippen LogP) is 2.48. The molecule has 1 saturated heterocycles. The quantitative estimate of drug-likeness (QED) is 0.804. The van der Waals surface area contributed by atoms with Crippen molar-refractivity contribution in [3.8, 4) is 0 Å². The van der Waals surface area contributed by atoms with Gasteiger partial charge in [-0.1, -0.05) is 15.9 Å². The lowest BCUT2D eigenvalue weighted by molar-refractivity contribution is -0.155. The van der Waals surface area contributed by atoms with Crippen molar-refractivity contribution in [2.24, 2.45) is 0 Å². The van der Waals surface area contributed by atoms with E-state index in [1.165, 1.54) is 18.9 Å². The standard InChI is InChI=1S/C11H11BrO3S/c1-14-10(13)11(6-15-7-11)16-9-4-2-8(12)3-5-9/h2-5H,6-7H2,1H3. The van der Waals surface area contributed by atoms with E-state index in [4.69, 9.17) is 9.47 Å². The fourth-order valence-corrected chi connectivity index (χ4v) is 2.86. The van der Waals surface area contributed by atoms with Crippen LogP contribution in [0.5, 0.6) is 0 Å². The molecule has 1 aromatic carbocycles. The van der Waals surface area contributed by atoms with E-state index in [1.54, 1.807) is 0 Å². The van der Waals surface area contributed by atoms with Crippen LogP contribution >= 0.6 is 27.7 Å². The van der Waals surface area contributed by atoms with Crippen molar-refractivity contribution in [2.75, 3.05) is 20.3 Å². The second-order valence-corrected chi connectivity index (χ2v) is 5.91. The molecule has 0 amide bonds. The average Bonchev–Trinajstić information content (AvgIpc) is 2.25. The Morgan fingerprint density at radius 3 is 2.50 bits per heavy atom. The molecule has 86 valence electrons. The third-order valence-electron chi connectivity index (χ3n) is 2.35. The first-order valence-electron chi connectivity index (χ1n) is 4.77. The maximum atomic E-state index is 11.7. The molecule has 16 heavy (non-hydrogen) atoms. The summed E-state index contributed by atoms with van der Waals surface area (Å²) < 4.78 is 10.4. The Hall–Kier alpha value is -0.520. The highest BCUT2D eigenvalue weighted by Crippen LogP contribution is 2.39. The molecule has 1 aliphatic heterocycles. The maximum absolute atomic E-state index is 11.7. The van der Waals surface area contributed by atoms with Crippen LogP contribution in [-0.2, 0) is 14.3 Å². The van der Waals surface area contributed by atoms with Crippen LogP contribution in [-0.4, -0.2) is 31.0 Å². The molecule has 0 radical (unpaired) electrons. The summed E-state index contributed by atoms with van der Waals surface area (Å²) in [5, 5.41) is 0. The molecular formula is C11H11BrO3S. The minimum absolute atomic E-state index is 0.216. The highest BCUT2D eigenvalue weighted by atomic mass is 79.9. The van der Waals surface area contributed by atoms with Gasteiger partial charge in [0.15, 0.2) is 4.75 Å². The van der Waals surface area contributed by atoms with E-state index in [9.17, 15) is 4.79 Å². The van der Waals surface area contributed by atoms with Crippen LogP contribution in [0.1, 0.15) is 0 Å². The summed E-state index contributed by atoms with van der Waals surface area (Å²) >= 11 is 4.87. The van der Waals surface area contributed by atoms with Crippen molar-refractivity contribution in [3.05, 3.63) is 28.7 Å². The highest BCUT2D eigenvalue weighted by molar-refractivity contribution is 9.10. The summed E-state index contributed by atoms with van der Waals surface area (Å²) in [5.41, 5.74) is 0. The van der Waals surface area contributed by atoms with Gasteiger partial charge in [-0.15, -0.1) is 11.8 Å². The van der Waals surface area contributed by atoms with Gasteiger partial charge in [-0.25, -0.2) is 0 Å². The Bertz CT molecular complexity index is 387. The number of esters is 1. The van der Waals surface area contributed by atoms with Gasteiger partial charge in [0.25, 0.3) is 0 Å². The summed E-state index contributed by atoms with van der Waals surface area (Å²) in [6.45, 7) is 0.834. The molecule has 0 atom stereocenters. The largest absolute Gasteiger partial charge is 0.468 e. The van der Waals surface area contributed by atoms with Crippen molar-refractivity contribution in [1.82, 2.24) is 0 Å². The molecule has 1 fully saturated rings. The Balaban J connectivity index is 2.13. The lowest BCUT2D eigenvalue weighted by Crippen LogP contribution is -2.53. The van der Waals surface area contributed by atoms with Crippen LogP contribution < -0.4 is 0 Å². The van der Waals surface area contributed by atoms with Crippen LogP contribution in [0.15, 0.2) is 33.6 Å². The fourth-order valence-electron chi connectivity index (χ4n) is 1.42. The van der Waals surface area contributed by atoms with Gasteiger partial charge in [0.1, 0.15) is 0 Å². The lowest BCUT2D eigenvalue weighted by Gasteiger charge is -2.37. The molecule has 5 heteroatoms. The second-order valence-electron chi connectivity index (χ2n) is 3.53. The van der Waals surface area contributed by atoms with Crippen LogP contribution in [0.2, 0.25) is 0 Å². The van der Waals surface area contributed by atoms with Gasteiger partial charge in [0, 0.05) is 9.37 Å². The van der Waals surface area contributed by atoms with Crippen LogP contribution in [0, 0.1) is 0 Å². The highest BCUT2D eigenvalue weighted by Gasteiger charge is 2.48. The zero-order chi connectivity index (χ0) is 11.6. The lowest BCUT2D eigenvalue weighted by atomic mass is 10.1. The molecular weight excluding hydrogens is 292 g/mol. The number of ether oxygens (including phenoxy) is 2. The Labute approximate surface area is 107 Å². The molecule has 0 saturated carbocycles. The number of hydrogen-bond donors (Lipinski definition) is 0. The van der Waals surface area contributed by atoms with Crippen molar-refractivity contribution in [2.45, 2.75) is 9.64 Å². The Kier molecular flexibility index (Phi) is 3.56. The topological polar surface area (TPSA) is 35.5 Å². The minimum Gasteiger partial charge on any atom is -0.468 e. The molecule has 0 N–H and O–H groups in total. The maximum Gasteiger partial charge on any atom is 0.327 e. The summed E-state index contributed by atoms with van der Waals surface area (Å²) in [4.78, 5) is 12.7. The molecule has 3 nitrogen and oxygen atoms in total. The van der Waals surface area contributed by atoms with Gasteiger partial charge < -0.3 is 9.47 Å². The first kappa shape index (κ1) is 12.0. The van der Waals surface area contributed by atoms with Gasteiger partial charge in [-0.05, 0) is 24.3 Å². The van der Waals surface area contributed by atoms with Crippen LogP contribution in [0.4, 0.5) is 0 Å². The van der Waals surface area contributed by atoms with E-state index in [2.05, 4.69) is 15.9 Å². The van der Waals surface area contributed by atoms with E-state index < -0.39 is 4.75 Å². The van der Waals surface area contributed by atoms with Crippen molar-refractivity contribution < 1.29 is 14.3 Å². The average molecular weight is 303 g/mol. The van der Waals surface area contributed by atoms with Gasteiger partial charge in [0.2, 0.25) is 0 Å². The summed E-state index contributed by atoms with van der Waals surface area (Å²) in [6, 6.07) is 7.84. The molecule has 0 spiro atoms. The number of benzene rings is 1. The molecule has 1 heterocycles. The predicted molar refractivity (Wildman–Crippen MR) is 65.6 cm³/mol. The number of carbonyl (C=O) groups is 1. The second kappa shape index (κ2) is 4.77. The van der Waals surface area contributed by atoms with Crippen molar-refractivity contribution in [1.29, 1.82) is 0 Å². The number of halogens is 1. The monoisotopic (exact) mass is 302 g/mol. The van der Waals surface area contributed by atoms with Crippen LogP contribution in [0.3, 0.4) is 0 Å². The molecule has 0 aliphatic carbocycles. The summed E-state index contributed by atoms with van der Waals surface area (Å²) in [7, 11) is 1.41. The van der Waals surface area contributed by atoms with Crippen molar-refractivity contribution in [3.63, 3.8) is 0 Å². The van der Waals surface area contributed by atoms with E-state index in [0.717, 1.165) is 9.37 Å². The van der Waals surface area contributed by atoms with Crippen molar-refractivity contribution >= 4 is 33.7 Å². The number of methoxy groups -OCH3 is 1. The van der Waals surface area contributed by atoms with E-state index in [1.807, 2.05) is 24.3 Å². The molecule has 0 bridgehead atoms. The number of carbonyl (C=O) groups excluding carboxylic acids is 1. The number of hydrogen-bond acceptors (Lipinski definition) is 4. The van der Waals surface area contributed by atoms with Gasteiger partial charge >= 0.3 is 5.97 Å². The molecule has 2 rings (SSSR count). The fraction of sp³-hybridized carbons (Fsp3) is 0.364. The van der Waals surface area contributed by atoms with E-state index >= 15 is 0 Å². The third-order valence-corrected chi connectivity index (χ3v) is 4.18. The van der Waals surface area contributed by atoms with E-state index in [0.29, 0.717) is 13.2 Å². The normalized spacial score (nSPS) is 17.6. The third kappa shape index (κ3) is 2.26. The SMILES string of the molecule is COC(=O)C1(Sc2ccc(Br)cc2)COC1. The molecule has 0 unspecified atom stereocenters. The summed E-state index contributed by atoms with van der Waals surface area (Å²) in [5.74, 6) is -0.216. The number of thioether (sulfide) groups is 1. The molecule has 0 aromatic heterocycles. The molecule has 1 aliphatic rings. The minimum atomic E-state index is -0.553. The molecule has 1 aromatic rings. The van der Waals surface area contributed by atoms with Gasteiger partial charge in [0.05, 0.1) is 20.3 Å². The summed E-state index contributed by atoms with van der Waals surface area (Å²) in [6.07, 6.45) is 0. The zero-order valence-electron chi connectivity index (χ0n) is 8.73. The smallest absolute Gasteiger partial charge is 0.327 e. The Morgan fingerprint density at radius 1 is 1.44 bits per heavy atom.